The molecule has 1 aromatic rings. The molecule has 0 bridgehead atoms. The third-order valence-electron chi connectivity index (χ3n) is 4.77. The summed E-state index contributed by atoms with van der Waals surface area (Å²) in [4.78, 5) is 18.4. The maximum absolute atomic E-state index is 12.9. The molecule has 0 N–H and O–H groups in total. The van der Waals surface area contributed by atoms with Crippen molar-refractivity contribution in [3.05, 3.63) is 24.3 Å². The maximum Gasteiger partial charge on any atom is 0.241 e. The Balaban J connectivity index is 1.67. The lowest BCUT2D eigenvalue weighted by Gasteiger charge is -2.32. The van der Waals surface area contributed by atoms with Crippen LogP contribution in [0.1, 0.15) is 26.2 Å². The number of hydrogen-bond donors (Lipinski definition) is 0. The first-order chi connectivity index (χ1) is 11.2. The predicted octanol–water partition coefficient (Wildman–Crippen LogP) is 3.01. The van der Waals surface area contributed by atoms with E-state index in [1.807, 2.05) is 22.7 Å². The zero-order valence-electron chi connectivity index (χ0n) is 14.0. The zero-order valence-corrected chi connectivity index (χ0v) is 14.8. The first-order valence-corrected chi connectivity index (χ1v) is 9.36. The van der Waals surface area contributed by atoms with Crippen LogP contribution in [-0.4, -0.2) is 55.4 Å². The molecular formula is C18H26N2O2S. The Morgan fingerprint density at radius 1 is 1.22 bits per heavy atom. The Morgan fingerprint density at radius 3 is 2.70 bits per heavy atom. The number of anilines is 1. The molecule has 0 aromatic heterocycles. The number of likely N-dealkylation sites (tertiary alicyclic amines) is 1. The van der Waals surface area contributed by atoms with Crippen LogP contribution < -0.4 is 4.90 Å². The molecular weight excluding hydrogens is 308 g/mol. The SMILES string of the molecule is COC1CCN(CC(=O)N2CCC(C)Sc3ccccc32)CC1. The molecule has 4 nitrogen and oxygen atoms in total. The summed E-state index contributed by atoms with van der Waals surface area (Å²) in [5.74, 6) is 0.225. The minimum absolute atomic E-state index is 0.225. The van der Waals surface area contributed by atoms with Crippen LogP contribution in [0.2, 0.25) is 0 Å². The fraction of sp³-hybridized carbons (Fsp3) is 0.611. The highest BCUT2D eigenvalue weighted by atomic mass is 32.2. The maximum atomic E-state index is 12.9. The van der Waals surface area contributed by atoms with E-state index in [1.165, 1.54) is 4.90 Å². The van der Waals surface area contributed by atoms with Crippen molar-refractivity contribution in [1.82, 2.24) is 4.90 Å². The topological polar surface area (TPSA) is 32.8 Å². The summed E-state index contributed by atoms with van der Waals surface area (Å²) < 4.78 is 5.41. The van der Waals surface area contributed by atoms with Gasteiger partial charge in [0.05, 0.1) is 18.3 Å². The van der Waals surface area contributed by atoms with Gasteiger partial charge in [0, 0.05) is 36.9 Å². The average Bonchev–Trinajstić information content (AvgIpc) is 2.73. The molecule has 126 valence electrons. The van der Waals surface area contributed by atoms with Crippen LogP contribution >= 0.6 is 11.8 Å². The number of para-hydroxylation sites is 1. The molecule has 0 aliphatic carbocycles. The van der Waals surface area contributed by atoms with Gasteiger partial charge in [0.15, 0.2) is 0 Å². The third kappa shape index (κ3) is 4.08. The quantitative estimate of drug-likeness (QED) is 0.851. The average molecular weight is 334 g/mol. The number of amides is 1. The smallest absolute Gasteiger partial charge is 0.241 e. The summed E-state index contributed by atoms with van der Waals surface area (Å²) >= 11 is 1.88. The second kappa shape index (κ2) is 7.69. The minimum Gasteiger partial charge on any atom is -0.381 e. The Kier molecular flexibility index (Phi) is 5.62. The van der Waals surface area contributed by atoms with E-state index in [0.717, 1.165) is 44.6 Å². The highest BCUT2D eigenvalue weighted by Crippen LogP contribution is 2.37. The van der Waals surface area contributed by atoms with Gasteiger partial charge in [-0.15, -0.1) is 11.8 Å². The van der Waals surface area contributed by atoms with Crippen LogP contribution in [-0.2, 0) is 9.53 Å². The Morgan fingerprint density at radius 2 is 1.96 bits per heavy atom. The molecule has 2 heterocycles. The first-order valence-electron chi connectivity index (χ1n) is 8.48. The molecule has 1 fully saturated rings. The van der Waals surface area contributed by atoms with Gasteiger partial charge < -0.3 is 9.64 Å². The van der Waals surface area contributed by atoms with Crippen LogP contribution in [0.15, 0.2) is 29.2 Å². The highest BCUT2D eigenvalue weighted by Gasteiger charge is 2.27. The van der Waals surface area contributed by atoms with Crippen molar-refractivity contribution in [2.24, 2.45) is 0 Å². The monoisotopic (exact) mass is 334 g/mol. The molecule has 0 saturated carbocycles. The fourth-order valence-corrected chi connectivity index (χ4v) is 4.44. The van der Waals surface area contributed by atoms with Crippen LogP contribution in [0.3, 0.4) is 0 Å². The minimum atomic E-state index is 0.225. The van der Waals surface area contributed by atoms with E-state index < -0.39 is 0 Å². The second-order valence-corrected chi connectivity index (χ2v) is 7.92. The largest absolute Gasteiger partial charge is 0.381 e. The first kappa shape index (κ1) is 16.8. The molecule has 3 rings (SSSR count). The number of fused-ring (bicyclic) bond motifs is 1. The zero-order chi connectivity index (χ0) is 16.2. The summed E-state index contributed by atoms with van der Waals surface area (Å²) in [5.41, 5.74) is 1.08. The highest BCUT2D eigenvalue weighted by molar-refractivity contribution is 8.00. The Bertz CT molecular complexity index is 544. The van der Waals surface area contributed by atoms with Crippen molar-refractivity contribution in [1.29, 1.82) is 0 Å². The van der Waals surface area contributed by atoms with Crippen molar-refractivity contribution >= 4 is 23.4 Å². The predicted molar refractivity (Wildman–Crippen MR) is 95.2 cm³/mol. The van der Waals surface area contributed by atoms with Gasteiger partial charge in [0.25, 0.3) is 0 Å². The number of benzene rings is 1. The number of nitrogens with zero attached hydrogens (tertiary/aromatic N) is 2. The van der Waals surface area contributed by atoms with Crippen molar-refractivity contribution in [2.75, 3.05) is 38.2 Å². The van der Waals surface area contributed by atoms with E-state index in [1.54, 1.807) is 7.11 Å². The number of methoxy groups -OCH3 is 1. The number of piperidine rings is 1. The second-order valence-electron chi connectivity index (χ2n) is 6.44. The molecule has 1 amide bonds. The summed E-state index contributed by atoms with van der Waals surface area (Å²) in [7, 11) is 1.78. The van der Waals surface area contributed by atoms with E-state index >= 15 is 0 Å². The summed E-state index contributed by atoms with van der Waals surface area (Å²) in [5, 5.41) is 0.548. The van der Waals surface area contributed by atoms with E-state index in [4.69, 9.17) is 4.74 Å². The van der Waals surface area contributed by atoms with Crippen LogP contribution in [0, 0.1) is 0 Å². The van der Waals surface area contributed by atoms with E-state index in [-0.39, 0.29) is 5.91 Å². The van der Waals surface area contributed by atoms with Crippen LogP contribution in [0.25, 0.3) is 0 Å². The molecule has 23 heavy (non-hydrogen) atoms. The van der Waals surface area contributed by atoms with Gasteiger partial charge in [0.1, 0.15) is 0 Å². The molecule has 1 atom stereocenters. The Labute approximate surface area is 143 Å². The van der Waals surface area contributed by atoms with Crippen LogP contribution in [0.5, 0.6) is 0 Å². The summed E-state index contributed by atoms with van der Waals surface area (Å²) in [6, 6.07) is 8.30. The normalized spacial score (nSPS) is 23.4. The number of thioether (sulfide) groups is 1. The molecule has 1 saturated heterocycles. The van der Waals surface area contributed by atoms with Crippen molar-refractivity contribution < 1.29 is 9.53 Å². The van der Waals surface area contributed by atoms with E-state index in [2.05, 4.69) is 30.0 Å². The third-order valence-corrected chi connectivity index (χ3v) is 6.01. The summed E-state index contributed by atoms with van der Waals surface area (Å²) in [6.07, 6.45) is 3.44. The van der Waals surface area contributed by atoms with Crippen molar-refractivity contribution in [3.63, 3.8) is 0 Å². The molecule has 0 spiro atoms. The van der Waals surface area contributed by atoms with Gasteiger partial charge in [-0.2, -0.15) is 0 Å². The molecule has 5 heteroatoms. The lowest BCUT2D eigenvalue weighted by molar-refractivity contribution is -0.120. The summed E-state index contributed by atoms with van der Waals surface area (Å²) in [6.45, 7) is 5.48. The lowest BCUT2D eigenvalue weighted by atomic mass is 10.1. The van der Waals surface area contributed by atoms with E-state index in [0.29, 0.717) is 17.9 Å². The Hall–Kier alpha value is -1.04. The van der Waals surface area contributed by atoms with Crippen molar-refractivity contribution in [2.45, 2.75) is 42.4 Å². The number of ether oxygens (including phenoxy) is 1. The van der Waals surface area contributed by atoms with Gasteiger partial charge in [-0.1, -0.05) is 19.1 Å². The molecule has 1 aromatic carbocycles. The molecule has 1 unspecified atom stereocenters. The van der Waals surface area contributed by atoms with Gasteiger partial charge >= 0.3 is 0 Å². The van der Waals surface area contributed by atoms with Gasteiger partial charge in [-0.25, -0.2) is 0 Å². The lowest BCUT2D eigenvalue weighted by Crippen LogP contribution is -2.45. The number of hydrogen-bond acceptors (Lipinski definition) is 4. The van der Waals surface area contributed by atoms with Gasteiger partial charge in [-0.3, -0.25) is 9.69 Å². The van der Waals surface area contributed by atoms with Gasteiger partial charge in [0.2, 0.25) is 5.91 Å². The number of carbonyl (C=O) groups excluding carboxylic acids is 1. The van der Waals surface area contributed by atoms with Crippen LogP contribution in [0.4, 0.5) is 5.69 Å². The number of rotatable bonds is 3. The fourth-order valence-electron chi connectivity index (χ4n) is 3.33. The molecule has 2 aliphatic heterocycles. The standard InChI is InChI=1S/C18H26N2O2S/c1-14-7-12-20(16-5-3-4-6-17(16)23-14)18(21)13-19-10-8-15(22-2)9-11-19/h3-6,14-15H,7-13H2,1-2H3. The molecule has 2 aliphatic rings. The number of carbonyl (C=O) groups is 1. The molecule has 0 radical (unpaired) electrons. The van der Waals surface area contributed by atoms with Gasteiger partial charge in [-0.05, 0) is 31.4 Å². The van der Waals surface area contributed by atoms with Crippen molar-refractivity contribution in [3.8, 4) is 0 Å². The van der Waals surface area contributed by atoms with E-state index in [9.17, 15) is 4.79 Å².